The second-order valence-electron chi connectivity index (χ2n) is 4.64. The average molecular weight is 355 g/mol. The zero-order valence-corrected chi connectivity index (χ0v) is 13.8. The van der Waals surface area contributed by atoms with E-state index in [2.05, 4.69) is 0 Å². The van der Waals surface area contributed by atoms with Gasteiger partial charge in [-0.2, -0.15) is 0 Å². The lowest BCUT2D eigenvalue weighted by Gasteiger charge is -2.16. The number of benzene rings is 2. The SMILES string of the molecule is CC(=O)N(C)c1ccc(Oc2cccc(Cl)c2Cl)cc1[N+](=O)[O-]. The van der Waals surface area contributed by atoms with Crippen LogP contribution < -0.4 is 9.64 Å². The second kappa shape index (κ2) is 6.85. The van der Waals surface area contributed by atoms with Crippen molar-refractivity contribution in [2.45, 2.75) is 6.92 Å². The molecule has 0 aliphatic carbocycles. The third-order valence-corrected chi connectivity index (χ3v) is 3.92. The molecule has 0 fully saturated rings. The van der Waals surface area contributed by atoms with Crippen molar-refractivity contribution in [1.82, 2.24) is 0 Å². The highest BCUT2D eigenvalue weighted by Gasteiger charge is 2.21. The van der Waals surface area contributed by atoms with Gasteiger partial charge in [0, 0.05) is 14.0 Å². The number of anilines is 1. The number of amides is 1. The van der Waals surface area contributed by atoms with E-state index in [0.717, 1.165) is 0 Å². The predicted octanol–water partition coefficient (Wildman–Crippen LogP) is 4.68. The summed E-state index contributed by atoms with van der Waals surface area (Å²) in [5.74, 6) is 0.169. The van der Waals surface area contributed by atoms with Crippen molar-refractivity contribution < 1.29 is 14.5 Å². The monoisotopic (exact) mass is 354 g/mol. The number of nitro groups is 1. The van der Waals surface area contributed by atoms with Crippen LogP contribution in [0, 0.1) is 10.1 Å². The topological polar surface area (TPSA) is 72.7 Å². The van der Waals surface area contributed by atoms with Gasteiger partial charge in [0.15, 0.2) is 0 Å². The second-order valence-corrected chi connectivity index (χ2v) is 5.42. The number of nitro benzene ring substituents is 1. The van der Waals surface area contributed by atoms with E-state index in [1.54, 1.807) is 18.2 Å². The normalized spacial score (nSPS) is 10.3. The molecule has 0 atom stereocenters. The largest absolute Gasteiger partial charge is 0.455 e. The summed E-state index contributed by atoms with van der Waals surface area (Å²) in [5.41, 5.74) is -0.0783. The molecule has 120 valence electrons. The molecule has 2 rings (SSSR count). The van der Waals surface area contributed by atoms with E-state index in [0.29, 0.717) is 5.02 Å². The van der Waals surface area contributed by atoms with Gasteiger partial charge in [-0.1, -0.05) is 29.3 Å². The van der Waals surface area contributed by atoms with E-state index >= 15 is 0 Å². The first-order valence-corrected chi connectivity index (χ1v) is 7.21. The number of ether oxygens (including phenoxy) is 1. The number of carbonyl (C=O) groups excluding carboxylic acids is 1. The number of carbonyl (C=O) groups is 1. The number of nitrogens with zero attached hydrogens (tertiary/aromatic N) is 2. The molecule has 0 saturated carbocycles. The molecule has 0 unspecified atom stereocenters. The van der Waals surface area contributed by atoms with E-state index in [1.807, 2.05) is 0 Å². The standard InChI is InChI=1S/C15H12Cl2N2O4/c1-9(20)18(2)12-7-6-10(8-13(12)19(21)22)23-14-5-3-4-11(16)15(14)17/h3-8H,1-2H3. The molecule has 6 nitrogen and oxygen atoms in total. The molecule has 0 saturated heterocycles. The van der Waals surface area contributed by atoms with Crippen LogP contribution in [0.2, 0.25) is 10.0 Å². The predicted molar refractivity (Wildman–Crippen MR) is 88.7 cm³/mol. The summed E-state index contributed by atoms with van der Waals surface area (Å²) >= 11 is 11.9. The Bertz CT molecular complexity index is 780. The van der Waals surface area contributed by atoms with Crippen LogP contribution in [0.1, 0.15) is 6.92 Å². The van der Waals surface area contributed by atoms with Gasteiger partial charge < -0.3 is 9.64 Å². The van der Waals surface area contributed by atoms with Crippen molar-refractivity contribution in [3.8, 4) is 11.5 Å². The van der Waals surface area contributed by atoms with Crippen molar-refractivity contribution in [2.75, 3.05) is 11.9 Å². The summed E-state index contributed by atoms with van der Waals surface area (Å²) in [4.78, 5) is 23.3. The van der Waals surface area contributed by atoms with Gasteiger partial charge in [-0.05, 0) is 24.3 Å². The molecule has 0 heterocycles. The molecule has 0 aliphatic rings. The fourth-order valence-electron chi connectivity index (χ4n) is 1.86. The Morgan fingerprint density at radius 3 is 2.57 bits per heavy atom. The Morgan fingerprint density at radius 1 is 1.26 bits per heavy atom. The van der Waals surface area contributed by atoms with Crippen molar-refractivity contribution in [3.05, 3.63) is 56.6 Å². The van der Waals surface area contributed by atoms with Crippen molar-refractivity contribution in [3.63, 3.8) is 0 Å². The fraction of sp³-hybridized carbons (Fsp3) is 0.133. The zero-order valence-electron chi connectivity index (χ0n) is 12.2. The van der Waals surface area contributed by atoms with E-state index in [9.17, 15) is 14.9 Å². The fourth-order valence-corrected chi connectivity index (χ4v) is 2.19. The highest BCUT2D eigenvalue weighted by Crippen LogP contribution is 2.37. The Labute approximate surface area is 142 Å². The first-order chi connectivity index (χ1) is 10.8. The smallest absolute Gasteiger partial charge is 0.296 e. The lowest BCUT2D eigenvalue weighted by molar-refractivity contribution is -0.384. The Balaban J connectivity index is 2.42. The summed E-state index contributed by atoms with van der Waals surface area (Å²) < 4.78 is 5.55. The lowest BCUT2D eigenvalue weighted by Crippen LogP contribution is -2.23. The maximum atomic E-state index is 11.4. The van der Waals surface area contributed by atoms with Gasteiger partial charge >= 0.3 is 0 Å². The van der Waals surface area contributed by atoms with Gasteiger partial charge in [-0.3, -0.25) is 14.9 Å². The van der Waals surface area contributed by atoms with Crippen molar-refractivity contribution in [1.29, 1.82) is 0 Å². The van der Waals surface area contributed by atoms with Crippen molar-refractivity contribution in [2.24, 2.45) is 0 Å². The molecule has 0 spiro atoms. The van der Waals surface area contributed by atoms with Crippen LogP contribution >= 0.6 is 23.2 Å². The number of rotatable bonds is 4. The Hall–Kier alpha value is -2.31. The van der Waals surface area contributed by atoms with E-state index in [4.69, 9.17) is 27.9 Å². The maximum absolute atomic E-state index is 11.4. The van der Waals surface area contributed by atoms with Crippen LogP contribution in [0.4, 0.5) is 11.4 Å². The molecular formula is C15H12Cl2N2O4. The minimum atomic E-state index is -0.582. The van der Waals surface area contributed by atoms with Crippen LogP contribution in [0.3, 0.4) is 0 Å². The van der Waals surface area contributed by atoms with Crippen LogP contribution in [-0.4, -0.2) is 17.9 Å². The molecule has 0 aromatic heterocycles. The third kappa shape index (κ3) is 3.72. The molecule has 1 amide bonds. The van der Waals surface area contributed by atoms with Gasteiger partial charge in [0.1, 0.15) is 22.2 Å². The Kier molecular flexibility index (Phi) is 5.08. The average Bonchev–Trinajstić information content (AvgIpc) is 2.51. The van der Waals surface area contributed by atoms with Gasteiger partial charge in [-0.25, -0.2) is 0 Å². The molecule has 0 aliphatic heterocycles. The summed E-state index contributed by atoms with van der Waals surface area (Å²) in [6.45, 7) is 1.32. The van der Waals surface area contributed by atoms with E-state index < -0.39 is 4.92 Å². The van der Waals surface area contributed by atoms with E-state index in [-0.39, 0.29) is 33.8 Å². The Morgan fingerprint density at radius 2 is 1.96 bits per heavy atom. The van der Waals surface area contributed by atoms with Crippen LogP contribution in [-0.2, 0) is 4.79 Å². The first kappa shape index (κ1) is 17.1. The number of hydrogen-bond acceptors (Lipinski definition) is 4. The number of halogens is 2. The molecule has 2 aromatic carbocycles. The summed E-state index contributed by atoms with van der Waals surface area (Å²) in [7, 11) is 1.46. The minimum absolute atomic E-state index is 0.173. The van der Waals surface area contributed by atoms with Gasteiger partial charge in [0.05, 0.1) is 16.0 Å². The summed E-state index contributed by atoms with van der Waals surface area (Å²) in [5, 5.41) is 11.8. The summed E-state index contributed by atoms with van der Waals surface area (Å²) in [6.07, 6.45) is 0. The third-order valence-electron chi connectivity index (χ3n) is 3.12. The molecule has 0 N–H and O–H groups in total. The van der Waals surface area contributed by atoms with Gasteiger partial charge in [0.25, 0.3) is 5.69 Å². The van der Waals surface area contributed by atoms with Gasteiger partial charge in [0.2, 0.25) is 5.91 Å². The summed E-state index contributed by atoms with van der Waals surface area (Å²) in [6, 6.07) is 9.02. The maximum Gasteiger partial charge on any atom is 0.296 e. The highest BCUT2D eigenvalue weighted by molar-refractivity contribution is 6.42. The van der Waals surface area contributed by atoms with Crippen LogP contribution in [0.25, 0.3) is 0 Å². The molecular weight excluding hydrogens is 343 g/mol. The molecule has 0 bridgehead atoms. The quantitative estimate of drug-likeness (QED) is 0.590. The van der Waals surface area contributed by atoms with Crippen LogP contribution in [0.5, 0.6) is 11.5 Å². The first-order valence-electron chi connectivity index (χ1n) is 6.46. The highest BCUT2D eigenvalue weighted by atomic mass is 35.5. The van der Waals surface area contributed by atoms with E-state index in [1.165, 1.54) is 37.1 Å². The number of hydrogen-bond donors (Lipinski definition) is 0. The van der Waals surface area contributed by atoms with Crippen molar-refractivity contribution >= 4 is 40.5 Å². The molecule has 0 radical (unpaired) electrons. The minimum Gasteiger partial charge on any atom is -0.455 e. The molecule has 23 heavy (non-hydrogen) atoms. The molecule has 2 aromatic rings. The van der Waals surface area contributed by atoms with Crippen LogP contribution in [0.15, 0.2) is 36.4 Å². The molecule has 8 heteroatoms. The zero-order chi connectivity index (χ0) is 17.1. The lowest BCUT2D eigenvalue weighted by atomic mass is 10.2. The van der Waals surface area contributed by atoms with Gasteiger partial charge in [-0.15, -0.1) is 0 Å².